The van der Waals surface area contributed by atoms with Crippen LogP contribution in [0.15, 0.2) is 15.8 Å². The number of methoxy groups -OCH3 is 1. The van der Waals surface area contributed by atoms with Crippen LogP contribution < -0.4 is 11.2 Å². The quantitative estimate of drug-likeness (QED) is 0.673. The van der Waals surface area contributed by atoms with Crippen LogP contribution >= 0.6 is 0 Å². The van der Waals surface area contributed by atoms with E-state index in [2.05, 4.69) is 32.3 Å². The van der Waals surface area contributed by atoms with Crippen LogP contribution in [0.5, 0.6) is 0 Å². The molecule has 3 aromatic heterocycles. The molecule has 8 heteroatoms. The van der Waals surface area contributed by atoms with Gasteiger partial charge in [-0.15, -0.1) is 0 Å². The Kier molecular flexibility index (Phi) is 4.72. The molecule has 3 heterocycles. The van der Waals surface area contributed by atoms with E-state index in [9.17, 15) is 9.59 Å². The summed E-state index contributed by atoms with van der Waals surface area (Å²) in [4.78, 5) is 30.6. The minimum Gasteiger partial charge on any atom is -0.383 e. The molecule has 29 heavy (non-hydrogen) atoms. The van der Waals surface area contributed by atoms with Gasteiger partial charge in [0.15, 0.2) is 11.2 Å². The molecule has 1 fully saturated rings. The normalized spacial score (nSPS) is 22.0. The number of fused-ring (bicyclic) bond motifs is 3. The predicted molar refractivity (Wildman–Crippen MR) is 113 cm³/mol. The van der Waals surface area contributed by atoms with Crippen LogP contribution in [0, 0.1) is 18.3 Å². The second-order valence-corrected chi connectivity index (χ2v) is 9.45. The number of ether oxygens (including phenoxy) is 1. The molecule has 8 nitrogen and oxygen atoms in total. The summed E-state index contributed by atoms with van der Waals surface area (Å²) >= 11 is 0. The third kappa shape index (κ3) is 3.13. The zero-order valence-electron chi connectivity index (χ0n) is 18.2. The maximum Gasteiger partial charge on any atom is 0.332 e. The van der Waals surface area contributed by atoms with E-state index >= 15 is 0 Å². The lowest BCUT2D eigenvalue weighted by atomic mass is 9.70. The Balaban J connectivity index is 1.96. The maximum absolute atomic E-state index is 13.2. The van der Waals surface area contributed by atoms with Gasteiger partial charge in [-0.2, -0.15) is 4.98 Å². The molecule has 0 saturated heterocycles. The first kappa shape index (κ1) is 19.9. The molecule has 2 atom stereocenters. The third-order valence-electron chi connectivity index (χ3n) is 6.32. The first-order valence-corrected chi connectivity index (χ1v) is 10.3. The zero-order valence-corrected chi connectivity index (χ0v) is 18.2. The summed E-state index contributed by atoms with van der Waals surface area (Å²) < 4.78 is 11.9. The van der Waals surface area contributed by atoms with E-state index in [0.717, 1.165) is 24.3 Å². The van der Waals surface area contributed by atoms with Gasteiger partial charge in [-0.25, -0.2) is 4.79 Å². The number of imidazole rings is 2. The fourth-order valence-electron chi connectivity index (χ4n) is 5.35. The van der Waals surface area contributed by atoms with E-state index in [1.54, 1.807) is 14.2 Å². The van der Waals surface area contributed by atoms with Crippen LogP contribution in [0.4, 0.5) is 0 Å². The Hall–Kier alpha value is -2.35. The van der Waals surface area contributed by atoms with Gasteiger partial charge < -0.3 is 9.30 Å². The van der Waals surface area contributed by atoms with E-state index in [4.69, 9.17) is 9.72 Å². The van der Waals surface area contributed by atoms with Crippen LogP contribution in [0.1, 0.15) is 51.8 Å². The summed E-state index contributed by atoms with van der Waals surface area (Å²) in [6, 6.07) is 0.329. The van der Waals surface area contributed by atoms with Crippen LogP contribution in [0.3, 0.4) is 0 Å². The van der Waals surface area contributed by atoms with Crippen LogP contribution in [0.2, 0.25) is 0 Å². The van der Waals surface area contributed by atoms with Gasteiger partial charge in [0.1, 0.15) is 0 Å². The Bertz CT molecular complexity index is 1190. The summed E-state index contributed by atoms with van der Waals surface area (Å²) in [7, 11) is 3.23. The van der Waals surface area contributed by atoms with E-state index in [1.807, 2.05) is 10.6 Å². The Morgan fingerprint density at radius 3 is 2.66 bits per heavy atom. The average Bonchev–Trinajstić information content (AvgIpc) is 3.12. The van der Waals surface area contributed by atoms with E-state index in [1.165, 1.54) is 15.6 Å². The van der Waals surface area contributed by atoms with Gasteiger partial charge in [0.05, 0.1) is 13.2 Å². The highest BCUT2D eigenvalue weighted by Gasteiger charge is 2.34. The molecule has 1 aliphatic carbocycles. The van der Waals surface area contributed by atoms with Gasteiger partial charge in [-0.1, -0.05) is 20.8 Å². The van der Waals surface area contributed by atoms with Crippen molar-refractivity contribution in [2.24, 2.45) is 18.4 Å². The number of hydrogen-bond acceptors (Lipinski definition) is 4. The highest BCUT2D eigenvalue weighted by molar-refractivity contribution is 5.75. The molecule has 0 bridgehead atoms. The topological polar surface area (TPSA) is 75.5 Å². The van der Waals surface area contributed by atoms with Crippen molar-refractivity contribution in [2.75, 3.05) is 13.7 Å². The van der Waals surface area contributed by atoms with E-state index in [-0.39, 0.29) is 23.2 Å². The monoisotopic (exact) mass is 401 g/mol. The van der Waals surface area contributed by atoms with Crippen molar-refractivity contribution in [2.45, 2.75) is 59.5 Å². The third-order valence-corrected chi connectivity index (χ3v) is 6.32. The minimum absolute atomic E-state index is 0.221. The molecule has 0 N–H and O–H groups in total. The van der Waals surface area contributed by atoms with Crippen LogP contribution in [-0.2, 0) is 18.3 Å². The lowest BCUT2D eigenvalue weighted by Gasteiger charge is -2.39. The Labute approximate surface area is 169 Å². The lowest BCUT2D eigenvalue weighted by molar-refractivity contribution is 0.138. The highest BCUT2D eigenvalue weighted by atomic mass is 16.5. The number of nitrogens with zero attached hydrogens (tertiary/aromatic N) is 5. The van der Waals surface area contributed by atoms with Crippen molar-refractivity contribution >= 4 is 16.9 Å². The fourth-order valence-corrected chi connectivity index (χ4v) is 5.35. The lowest BCUT2D eigenvalue weighted by Crippen LogP contribution is -2.40. The largest absolute Gasteiger partial charge is 0.383 e. The molecule has 1 saturated carbocycles. The van der Waals surface area contributed by atoms with Crippen LogP contribution in [0.25, 0.3) is 16.9 Å². The summed E-state index contributed by atoms with van der Waals surface area (Å²) in [5.41, 5.74) is 1.55. The molecular formula is C21H31N5O3. The SMILES string of the molecule is COCCn1c(=O)c2c(nc3n([C@@H]4C[C@H](C)CC(C)(C)C4)c(C)cn23)n(C)c1=O. The van der Waals surface area contributed by atoms with E-state index < -0.39 is 0 Å². The molecule has 0 aliphatic heterocycles. The molecule has 0 amide bonds. The summed E-state index contributed by atoms with van der Waals surface area (Å²) in [6.45, 7) is 9.55. The van der Waals surface area contributed by atoms with Gasteiger partial charge in [0.2, 0.25) is 5.78 Å². The summed E-state index contributed by atoms with van der Waals surface area (Å²) in [5, 5.41) is 0. The second kappa shape index (κ2) is 6.86. The molecule has 158 valence electrons. The molecule has 0 aromatic carbocycles. The number of hydrogen-bond donors (Lipinski definition) is 0. The van der Waals surface area contributed by atoms with Crippen molar-refractivity contribution in [1.82, 2.24) is 23.1 Å². The number of aryl methyl sites for hydroxylation is 2. The maximum atomic E-state index is 13.2. The standard InChI is InChI=1S/C21H31N5O3/c1-13-9-15(11-21(3,4)10-13)26-14(2)12-25-16-17(22-19(25)26)23(5)20(28)24(18(16)27)7-8-29-6/h12-13,15H,7-11H2,1-6H3/t13-,15+/m0/s1. The van der Waals surface area contributed by atoms with Gasteiger partial charge in [0.25, 0.3) is 5.56 Å². The number of rotatable bonds is 4. The smallest absolute Gasteiger partial charge is 0.332 e. The molecule has 4 rings (SSSR count). The van der Waals surface area contributed by atoms with Crippen LogP contribution in [-0.4, -0.2) is 36.8 Å². The van der Waals surface area contributed by atoms with Gasteiger partial charge in [0, 0.05) is 32.1 Å². The first-order valence-electron chi connectivity index (χ1n) is 10.3. The van der Waals surface area contributed by atoms with Crippen molar-refractivity contribution in [1.29, 1.82) is 0 Å². The summed E-state index contributed by atoms with van der Waals surface area (Å²) in [5.74, 6) is 1.37. The molecule has 0 radical (unpaired) electrons. The average molecular weight is 402 g/mol. The predicted octanol–water partition coefficient (Wildman–Crippen LogP) is 2.49. The van der Waals surface area contributed by atoms with Crippen molar-refractivity contribution < 1.29 is 4.74 Å². The zero-order chi connectivity index (χ0) is 21.1. The molecule has 1 aliphatic rings. The summed E-state index contributed by atoms with van der Waals surface area (Å²) in [6.07, 6.45) is 5.36. The van der Waals surface area contributed by atoms with Crippen molar-refractivity contribution in [3.05, 3.63) is 32.7 Å². The van der Waals surface area contributed by atoms with Gasteiger partial charge >= 0.3 is 5.69 Å². The Morgan fingerprint density at radius 2 is 2.00 bits per heavy atom. The van der Waals surface area contributed by atoms with Gasteiger partial charge in [-0.3, -0.25) is 18.3 Å². The minimum atomic E-state index is -0.365. The first-order chi connectivity index (χ1) is 13.6. The Morgan fingerprint density at radius 1 is 1.28 bits per heavy atom. The molecule has 3 aromatic rings. The highest BCUT2D eigenvalue weighted by Crippen LogP contribution is 2.44. The van der Waals surface area contributed by atoms with Crippen molar-refractivity contribution in [3.63, 3.8) is 0 Å². The van der Waals surface area contributed by atoms with E-state index in [0.29, 0.717) is 29.7 Å². The molecule has 0 spiro atoms. The fraction of sp³-hybridized carbons (Fsp3) is 0.667. The second-order valence-electron chi connectivity index (χ2n) is 9.45. The molecular weight excluding hydrogens is 370 g/mol. The number of aromatic nitrogens is 5. The molecule has 0 unspecified atom stereocenters. The van der Waals surface area contributed by atoms with Crippen molar-refractivity contribution in [3.8, 4) is 0 Å². The van der Waals surface area contributed by atoms with Gasteiger partial charge in [-0.05, 0) is 37.5 Å².